The summed E-state index contributed by atoms with van der Waals surface area (Å²) in [7, 11) is 0. The summed E-state index contributed by atoms with van der Waals surface area (Å²) < 4.78 is 42.8. The van der Waals surface area contributed by atoms with E-state index in [1.165, 1.54) is 12.1 Å². The van der Waals surface area contributed by atoms with Gasteiger partial charge in [-0.2, -0.15) is 5.10 Å². The van der Waals surface area contributed by atoms with Crippen molar-refractivity contribution in [1.82, 2.24) is 15.1 Å². The van der Waals surface area contributed by atoms with Gasteiger partial charge in [0.05, 0.1) is 18.7 Å². The Balaban J connectivity index is 1.55. The Labute approximate surface area is 242 Å². The highest BCUT2D eigenvalue weighted by Gasteiger charge is 2.31. The molecule has 0 aliphatic heterocycles. The van der Waals surface area contributed by atoms with Gasteiger partial charge in [-0.1, -0.05) is 35.9 Å². The van der Waals surface area contributed by atoms with E-state index in [-0.39, 0.29) is 30.9 Å². The number of amides is 2. The molecule has 4 aromatic rings. The van der Waals surface area contributed by atoms with E-state index in [4.69, 9.17) is 16.7 Å². The number of hydrogen-bond donors (Lipinski definition) is 3. The average molecular weight is 601 g/mol. The van der Waals surface area contributed by atoms with Gasteiger partial charge in [-0.05, 0) is 66.6 Å². The highest BCUT2D eigenvalue weighted by atomic mass is 35.5. The molecule has 13 heteroatoms. The third-order valence-electron chi connectivity index (χ3n) is 6.00. The number of carboxylic acid groups (broad SMARTS) is 1. The first-order valence-electron chi connectivity index (χ1n) is 12.5. The monoisotopic (exact) mass is 600 g/mol. The minimum Gasteiger partial charge on any atom is -0.481 e. The minimum atomic E-state index is -4.83. The summed E-state index contributed by atoms with van der Waals surface area (Å²) in [6.45, 7) is 2.08. The molecular weight excluding hydrogens is 577 g/mol. The predicted molar refractivity (Wildman–Crippen MR) is 149 cm³/mol. The van der Waals surface area contributed by atoms with Crippen molar-refractivity contribution in [2.45, 2.75) is 26.3 Å². The molecule has 0 atom stereocenters. The molecule has 218 valence electrons. The fourth-order valence-electron chi connectivity index (χ4n) is 3.89. The lowest BCUT2D eigenvalue weighted by Gasteiger charge is -2.10. The molecule has 1 heterocycles. The summed E-state index contributed by atoms with van der Waals surface area (Å²) in [5, 5.41) is 18.9. The average Bonchev–Trinajstić information content (AvgIpc) is 3.34. The quantitative estimate of drug-likeness (QED) is 0.208. The molecule has 1 aromatic heterocycles. The van der Waals surface area contributed by atoms with E-state index >= 15 is 0 Å². The molecule has 0 spiro atoms. The van der Waals surface area contributed by atoms with Gasteiger partial charge in [0.25, 0.3) is 11.8 Å². The van der Waals surface area contributed by atoms with E-state index < -0.39 is 29.9 Å². The number of carbonyl (C=O) groups excluding carboxylic acids is 2. The SMILES string of the molecule is Cc1ccc(-c2cc(C(=O)Nc3ccc(OC(F)(F)F)cc3)nn2Cc2ccc(C(=O)NCCC(=O)O)cc2)cc1Cl. The Hall–Kier alpha value is -4.84. The maximum Gasteiger partial charge on any atom is 0.573 e. The summed E-state index contributed by atoms with van der Waals surface area (Å²) in [4.78, 5) is 36.0. The van der Waals surface area contributed by atoms with Gasteiger partial charge in [-0.25, -0.2) is 0 Å². The lowest BCUT2D eigenvalue weighted by molar-refractivity contribution is -0.274. The Morgan fingerprint density at radius 1 is 0.976 bits per heavy atom. The number of aliphatic carboxylic acids is 1. The van der Waals surface area contributed by atoms with E-state index in [9.17, 15) is 27.6 Å². The highest BCUT2D eigenvalue weighted by molar-refractivity contribution is 6.31. The number of carbonyl (C=O) groups is 3. The molecule has 0 saturated carbocycles. The first-order valence-corrected chi connectivity index (χ1v) is 12.9. The zero-order valence-electron chi connectivity index (χ0n) is 22.0. The fourth-order valence-corrected chi connectivity index (χ4v) is 4.07. The lowest BCUT2D eigenvalue weighted by Crippen LogP contribution is -2.25. The van der Waals surface area contributed by atoms with Crippen LogP contribution in [0.2, 0.25) is 5.02 Å². The number of nitrogens with one attached hydrogen (secondary N) is 2. The number of benzene rings is 3. The molecule has 9 nitrogen and oxygen atoms in total. The Kier molecular flexibility index (Phi) is 9.16. The summed E-state index contributed by atoms with van der Waals surface area (Å²) in [5.41, 5.74) is 3.52. The zero-order valence-corrected chi connectivity index (χ0v) is 22.8. The van der Waals surface area contributed by atoms with Gasteiger partial charge in [0.1, 0.15) is 5.75 Å². The normalized spacial score (nSPS) is 11.2. The fraction of sp³-hybridized carbons (Fsp3) is 0.172. The number of rotatable bonds is 10. The maximum atomic E-state index is 13.0. The Morgan fingerprint density at radius 2 is 1.67 bits per heavy atom. The topological polar surface area (TPSA) is 123 Å². The van der Waals surface area contributed by atoms with E-state index in [2.05, 4.69) is 20.5 Å². The number of hydrogen-bond acceptors (Lipinski definition) is 5. The maximum absolute atomic E-state index is 13.0. The van der Waals surface area contributed by atoms with Crippen LogP contribution < -0.4 is 15.4 Å². The van der Waals surface area contributed by atoms with Gasteiger partial charge >= 0.3 is 12.3 Å². The van der Waals surface area contributed by atoms with Crippen LogP contribution in [0.4, 0.5) is 18.9 Å². The van der Waals surface area contributed by atoms with Crippen molar-refractivity contribution in [2.75, 3.05) is 11.9 Å². The smallest absolute Gasteiger partial charge is 0.481 e. The Morgan fingerprint density at radius 3 is 2.29 bits per heavy atom. The van der Waals surface area contributed by atoms with Gasteiger partial charge in [-0.3, -0.25) is 19.1 Å². The summed E-state index contributed by atoms with van der Waals surface area (Å²) >= 11 is 6.35. The van der Waals surface area contributed by atoms with Crippen LogP contribution in [0.15, 0.2) is 72.8 Å². The number of alkyl halides is 3. The number of nitrogens with zero attached hydrogens (tertiary/aromatic N) is 2. The molecule has 0 fully saturated rings. The van der Waals surface area contributed by atoms with Gasteiger partial charge in [0, 0.05) is 28.4 Å². The number of anilines is 1. The first kappa shape index (κ1) is 30.1. The molecular formula is C29H24ClF3N4O5. The first-order chi connectivity index (χ1) is 19.9. The Bertz CT molecular complexity index is 1600. The summed E-state index contributed by atoms with van der Waals surface area (Å²) in [6.07, 6.45) is -5.02. The van der Waals surface area contributed by atoms with Crippen molar-refractivity contribution in [1.29, 1.82) is 0 Å². The molecule has 2 amide bonds. The molecule has 0 radical (unpaired) electrons. The molecule has 0 saturated heterocycles. The molecule has 0 aliphatic carbocycles. The highest BCUT2D eigenvalue weighted by Crippen LogP contribution is 2.28. The van der Waals surface area contributed by atoms with Gasteiger partial charge in [-0.15, -0.1) is 13.2 Å². The molecule has 3 aromatic carbocycles. The minimum absolute atomic E-state index is 0.00198. The molecule has 42 heavy (non-hydrogen) atoms. The second-order valence-corrected chi connectivity index (χ2v) is 9.57. The van der Waals surface area contributed by atoms with Crippen molar-refractivity contribution in [3.8, 4) is 17.0 Å². The van der Waals surface area contributed by atoms with Gasteiger partial charge in [0.2, 0.25) is 0 Å². The van der Waals surface area contributed by atoms with Crippen molar-refractivity contribution in [3.05, 3.63) is 100 Å². The van der Waals surface area contributed by atoms with Crippen molar-refractivity contribution < 1.29 is 37.4 Å². The van der Waals surface area contributed by atoms with Crippen LogP contribution in [0.3, 0.4) is 0 Å². The van der Waals surface area contributed by atoms with Crippen LogP contribution in [0, 0.1) is 6.92 Å². The molecule has 0 aliphatic rings. The summed E-state index contributed by atoms with van der Waals surface area (Å²) in [5.74, 6) is -2.44. The van der Waals surface area contributed by atoms with E-state index in [0.29, 0.717) is 21.8 Å². The third-order valence-corrected chi connectivity index (χ3v) is 6.41. The van der Waals surface area contributed by atoms with Crippen molar-refractivity contribution in [2.24, 2.45) is 0 Å². The third kappa shape index (κ3) is 8.10. The largest absolute Gasteiger partial charge is 0.573 e. The van der Waals surface area contributed by atoms with Crippen LogP contribution in [0.5, 0.6) is 5.75 Å². The second-order valence-electron chi connectivity index (χ2n) is 9.16. The number of carboxylic acids is 1. The standard InChI is InChI=1S/C29H24ClF3N4O5/c1-17-2-5-20(14-23(17)30)25-15-24(28(41)35-21-8-10-22(11-9-21)42-29(31,32)33)36-37(25)16-18-3-6-19(7-4-18)27(40)34-13-12-26(38)39/h2-11,14-15H,12-13,16H2,1H3,(H,34,40)(H,35,41)(H,38,39). The zero-order chi connectivity index (χ0) is 30.4. The van der Waals surface area contributed by atoms with Crippen LogP contribution >= 0.6 is 11.6 Å². The molecule has 0 unspecified atom stereocenters. The number of aromatic nitrogens is 2. The molecule has 3 N–H and O–H groups in total. The van der Waals surface area contributed by atoms with Crippen LogP contribution in [0.25, 0.3) is 11.3 Å². The predicted octanol–water partition coefficient (Wildman–Crippen LogP) is 5.92. The second kappa shape index (κ2) is 12.8. The number of ether oxygens (including phenoxy) is 1. The molecule has 4 rings (SSSR count). The van der Waals surface area contributed by atoms with Crippen LogP contribution in [0.1, 0.15) is 38.4 Å². The summed E-state index contributed by atoms with van der Waals surface area (Å²) in [6, 6.07) is 18.3. The van der Waals surface area contributed by atoms with Gasteiger partial charge in [0.15, 0.2) is 5.69 Å². The lowest BCUT2D eigenvalue weighted by atomic mass is 10.1. The van der Waals surface area contributed by atoms with Crippen molar-refractivity contribution in [3.63, 3.8) is 0 Å². The van der Waals surface area contributed by atoms with E-state index in [1.54, 1.807) is 41.1 Å². The van der Waals surface area contributed by atoms with Gasteiger partial charge < -0.3 is 20.5 Å². The number of halogens is 4. The van der Waals surface area contributed by atoms with E-state index in [0.717, 1.165) is 23.3 Å². The van der Waals surface area contributed by atoms with E-state index in [1.807, 2.05) is 19.1 Å². The molecule has 0 bridgehead atoms. The van der Waals surface area contributed by atoms with Crippen LogP contribution in [-0.2, 0) is 11.3 Å². The number of aryl methyl sites for hydroxylation is 1. The van der Waals surface area contributed by atoms with Crippen LogP contribution in [-0.4, -0.2) is 45.6 Å². The van der Waals surface area contributed by atoms with Crippen molar-refractivity contribution >= 4 is 35.1 Å².